The van der Waals surface area contributed by atoms with Crippen molar-refractivity contribution in [2.45, 2.75) is 24.3 Å². The van der Waals surface area contributed by atoms with Crippen molar-refractivity contribution < 1.29 is 14.4 Å². The van der Waals surface area contributed by atoms with Gasteiger partial charge in [0.05, 0.1) is 5.41 Å². The quantitative estimate of drug-likeness (QED) is 0.159. The van der Waals surface area contributed by atoms with E-state index in [1.807, 2.05) is 109 Å². The summed E-state index contributed by atoms with van der Waals surface area (Å²) in [6.45, 7) is 0. The first-order valence-electron chi connectivity index (χ1n) is 13.9. The van der Waals surface area contributed by atoms with Gasteiger partial charge < -0.3 is 11.1 Å². The summed E-state index contributed by atoms with van der Waals surface area (Å²) in [6.07, 6.45) is 0.273. The molecule has 0 fully saturated rings. The average Bonchev–Trinajstić information content (AvgIpc) is 3.05. The van der Waals surface area contributed by atoms with E-state index in [1.165, 1.54) is 0 Å². The number of nitrogens with two attached hydrogens (primary N) is 1. The summed E-state index contributed by atoms with van der Waals surface area (Å²) in [5.41, 5.74) is 9.80. The molecule has 5 nitrogen and oxygen atoms in total. The zero-order chi connectivity index (χ0) is 29.4. The highest BCUT2D eigenvalue weighted by Gasteiger charge is 2.39. The molecule has 0 saturated heterocycles. The molecular formula is C37H32N2O3. The Morgan fingerprint density at radius 3 is 1.40 bits per heavy atom. The van der Waals surface area contributed by atoms with E-state index in [0.29, 0.717) is 11.1 Å². The molecule has 1 atom stereocenters. The summed E-state index contributed by atoms with van der Waals surface area (Å²) < 4.78 is 0. The molecule has 5 aromatic rings. The minimum absolute atomic E-state index is 0.0688. The number of carbonyl (C=O) groups is 3. The van der Waals surface area contributed by atoms with Crippen molar-refractivity contribution in [3.8, 4) is 0 Å². The minimum Gasteiger partial charge on any atom is -0.368 e. The van der Waals surface area contributed by atoms with Crippen LogP contribution in [-0.2, 0) is 21.4 Å². The first kappa shape index (κ1) is 28.2. The SMILES string of the molecule is NC(=O)[C@@H](Cc1ccc(C(=O)c2ccccc2)cc1)NC(=O)CC(c1ccccc1)(c1ccccc1)c1ccccc1. The summed E-state index contributed by atoms with van der Waals surface area (Å²) in [4.78, 5) is 39.1. The molecule has 2 amide bonds. The third kappa shape index (κ3) is 6.21. The number of rotatable bonds is 11. The van der Waals surface area contributed by atoms with Gasteiger partial charge >= 0.3 is 0 Å². The Morgan fingerprint density at radius 1 is 0.571 bits per heavy atom. The number of hydrogen-bond acceptors (Lipinski definition) is 3. The Kier molecular flexibility index (Phi) is 8.69. The third-order valence-corrected chi connectivity index (χ3v) is 7.60. The number of nitrogens with one attached hydrogen (secondary N) is 1. The van der Waals surface area contributed by atoms with Gasteiger partial charge in [0.15, 0.2) is 5.78 Å². The van der Waals surface area contributed by atoms with Gasteiger partial charge in [-0.15, -0.1) is 0 Å². The number of ketones is 1. The van der Waals surface area contributed by atoms with Crippen molar-refractivity contribution in [2.75, 3.05) is 0 Å². The molecule has 0 aliphatic rings. The number of primary amides is 1. The Balaban J connectivity index is 1.41. The lowest BCUT2D eigenvalue weighted by molar-refractivity contribution is -0.127. The van der Waals surface area contributed by atoms with Crippen LogP contribution >= 0.6 is 0 Å². The molecule has 0 radical (unpaired) electrons. The van der Waals surface area contributed by atoms with Gasteiger partial charge in [0.1, 0.15) is 6.04 Å². The molecule has 208 valence electrons. The van der Waals surface area contributed by atoms with Crippen LogP contribution in [0.25, 0.3) is 0 Å². The molecule has 5 rings (SSSR count). The van der Waals surface area contributed by atoms with Crippen LogP contribution < -0.4 is 11.1 Å². The van der Waals surface area contributed by atoms with E-state index >= 15 is 0 Å². The van der Waals surface area contributed by atoms with Crippen LogP contribution in [0.15, 0.2) is 146 Å². The second kappa shape index (κ2) is 12.9. The molecular weight excluding hydrogens is 520 g/mol. The standard InChI is InChI=1S/C37H32N2O3/c38-36(42)33(25-27-21-23-29(24-22-27)35(41)28-13-5-1-6-14-28)39-34(40)26-37(30-15-7-2-8-16-30,31-17-9-3-10-18-31)32-19-11-4-12-20-32/h1-24,33H,25-26H2,(H2,38,42)(H,39,40)/t33-/m1/s1. The molecule has 0 heterocycles. The molecule has 0 saturated carbocycles. The topological polar surface area (TPSA) is 89.3 Å². The summed E-state index contributed by atoms with van der Waals surface area (Å²) in [6, 6.07) is 45.0. The van der Waals surface area contributed by atoms with E-state index in [4.69, 9.17) is 5.73 Å². The summed E-state index contributed by atoms with van der Waals surface area (Å²) >= 11 is 0. The van der Waals surface area contributed by atoms with E-state index in [9.17, 15) is 14.4 Å². The van der Waals surface area contributed by atoms with Crippen LogP contribution in [0.3, 0.4) is 0 Å². The van der Waals surface area contributed by atoms with Gasteiger partial charge in [0.25, 0.3) is 0 Å². The fraction of sp³-hybridized carbons (Fsp3) is 0.108. The Labute approximate surface area is 246 Å². The highest BCUT2D eigenvalue weighted by atomic mass is 16.2. The third-order valence-electron chi connectivity index (χ3n) is 7.60. The highest BCUT2D eigenvalue weighted by molar-refractivity contribution is 6.08. The zero-order valence-corrected chi connectivity index (χ0v) is 23.2. The summed E-state index contributed by atoms with van der Waals surface area (Å²) in [5.74, 6) is -1.01. The zero-order valence-electron chi connectivity index (χ0n) is 23.2. The van der Waals surface area contributed by atoms with Gasteiger partial charge in [-0.05, 0) is 22.3 Å². The molecule has 0 aliphatic heterocycles. The van der Waals surface area contributed by atoms with E-state index in [-0.39, 0.29) is 24.5 Å². The van der Waals surface area contributed by atoms with Crippen LogP contribution in [0.4, 0.5) is 0 Å². The van der Waals surface area contributed by atoms with Crippen LogP contribution in [0.1, 0.15) is 44.6 Å². The van der Waals surface area contributed by atoms with Crippen molar-refractivity contribution in [2.24, 2.45) is 5.73 Å². The van der Waals surface area contributed by atoms with Crippen molar-refractivity contribution in [1.29, 1.82) is 0 Å². The van der Waals surface area contributed by atoms with Crippen molar-refractivity contribution in [3.63, 3.8) is 0 Å². The van der Waals surface area contributed by atoms with Gasteiger partial charge in [-0.3, -0.25) is 14.4 Å². The number of amides is 2. The number of hydrogen-bond donors (Lipinski definition) is 2. The summed E-state index contributed by atoms with van der Waals surface area (Å²) in [7, 11) is 0. The van der Waals surface area contributed by atoms with E-state index in [1.54, 1.807) is 36.4 Å². The molecule has 5 heteroatoms. The van der Waals surface area contributed by atoms with Gasteiger partial charge in [-0.1, -0.05) is 146 Å². The van der Waals surface area contributed by atoms with Gasteiger partial charge in [-0.25, -0.2) is 0 Å². The van der Waals surface area contributed by atoms with Crippen molar-refractivity contribution in [1.82, 2.24) is 5.32 Å². The predicted octanol–water partition coefficient (Wildman–Crippen LogP) is 5.85. The Bertz CT molecular complexity index is 1540. The first-order chi connectivity index (χ1) is 20.5. The lowest BCUT2D eigenvalue weighted by Crippen LogP contribution is -2.48. The van der Waals surface area contributed by atoms with E-state index in [0.717, 1.165) is 22.3 Å². The molecule has 5 aromatic carbocycles. The van der Waals surface area contributed by atoms with Crippen LogP contribution in [-0.4, -0.2) is 23.6 Å². The Hall–Kier alpha value is -5.29. The summed E-state index contributed by atoms with van der Waals surface area (Å²) in [5, 5.41) is 2.91. The average molecular weight is 553 g/mol. The molecule has 0 spiro atoms. The smallest absolute Gasteiger partial charge is 0.240 e. The predicted molar refractivity (Wildman–Crippen MR) is 165 cm³/mol. The first-order valence-corrected chi connectivity index (χ1v) is 13.9. The lowest BCUT2D eigenvalue weighted by atomic mass is 9.67. The fourth-order valence-electron chi connectivity index (χ4n) is 5.47. The van der Waals surface area contributed by atoms with E-state index in [2.05, 4.69) is 5.32 Å². The molecule has 42 heavy (non-hydrogen) atoms. The largest absolute Gasteiger partial charge is 0.368 e. The van der Waals surface area contributed by atoms with Crippen molar-refractivity contribution >= 4 is 17.6 Å². The molecule has 0 aliphatic carbocycles. The van der Waals surface area contributed by atoms with Crippen molar-refractivity contribution in [3.05, 3.63) is 179 Å². The molecule has 0 aromatic heterocycles. The Morgan fingerprint density at radius 2 is 0.976 bits per heavy atom. The maximum Gasteiger partial charge on any atom is 0.240 e. The maximum atomic E-state index is 13.8. The second-order valence-electron chi connectivity index (χ2n) is 10.3. The molecule has 3 N–H and O–H groups in total. The fourth-order valence-corrected chi connectivity index (χ4v) is 5.47. The number of benzene rings is 5. The monoisotopic (exact) mass is 552 g/mol. The maximum absolute atomic E-state index is 13.8. The normalized spacial score (nSPS) is 11.8. The highest BCUT2D eigenvalue weighted by Crippen LogP contribution is 2.42. The van der Waals surface area contributed by atoms with E-state index < -0.39 is 17.4 Å². The van der Waals surface area contributed by atoms with Gasteiger partial charge in [0.2, 0.25) is 11.8 Å². The molecule has 0 bridgehead atoms. The minimum atomic E-state index is -0.923. The lowest BCUT2D eigenvalue weighted by Gasteiger charge is -2.36. The van der Waals surface area contributed by atoms with Gasteiger partial charge in [-0.2, -0.15) is 0 Å². The van der Waals surface area contributed by atoms with Crippen LogP contribution in [0, 0.1) is 0 Å². The van der Waals surface area contributed by atoms with Gasteiger partial charge in [0, 0.05) is 24.0 Å². The van der Waals surface area contributed by atoms with Crippen LogP contribution in [0.2, 0.25) is 0 Å². The second-order valence-corrected chi connectivity index (χ2v) is 10.3. The van der Waals surface area contributed by atoms with Crippen LogP contribution in [0.5, 0.6) is 0 Å². The molecule has 0 unspecified atom stereocenters. The number of carbonyl (C=O) groups excluding carboxylic acids is 3.